The lowest BCUT2D eigenvalue weighted by Gasteiger charge is -2.06. The van der Waals surface area contributed by atoms with Crippen LogP contribution in [-0.4, -0.2) is 19.7 Å². The highest BCUT2D eigenvalue weighted by molar-refractivity contribution is 5.53. The molecule has 0 aliphatic rings. The summed E-state index contributed by atoms with van der Waals surface area (Å²) in [6.45, 7) is 4.21. The first-order valence-electron chi connectivity index (χ1n) is 5.23. The van der Waals surface area contributed by atoms with Gasteiger partial charge in [0.25, 0.3) is 0 Å². The zero-order valence-electron chi connectivity index (χ0n) is 9.68. The number of nitrogens with one attached hydrogen (secondary N) is 1. The van der Waals surface area contributed by atoms with Crippen LogP contribution in [0.3, 0.4) is 0 Å². The molecule has 0 amide bonds. The lowest BCUT2D eigenvalue weighted by molar-refractivity contribution is 0.768. The van der Waals surface area contributed by atoms with Gasteiger partial charge in [-0.1, -0.05) is 13.8 Å². The van der Waals surface area contributed by atoms with Crippen molar-refractivity contribution >= 4 is 11.5 Å². The van der Waals surface area contributed by atoms with E-state index < -0.39 is 0 Å². The second kappa shape index (κ2) is 4.30. The molecule has 0 radical (unpaired) electrons. The Hall–Kier alpha value is -1.91. The number of nitrogens with zero attached hydrogens (tertiary/aromatic N) is 4. The van der Waals surface area contributed by atoms with Crippen LogP contribution in [-0.2, 0) is 7.05 Å². The third-order valence-electron chi connectivity index (χ3n) is 2.26. The molecule has 0 atom stereocenters. The van der Waals surface area contributed by atoms with E-state index in [1.165, 1.54) is 0 Å². The fraction of sp³-hybridized carbons (Fsp3) is 0.364. The van der Waals surface area contributed by atoms with Crippen molar-refractivity contribution in [2.75, 3.05) is 5.32 Å². The smallest absolute Gasteiger partial charge is 0.134 e. The van der Waals surface area contributed by atoms with Crippen LogP contribution in [0.4, 0.5) is 11.5 Å². The van der Waals surface area contributed by atoms with E-state index in [-0.39, 0.29) is 0 Å². The minimum atomic E-state index is 0.400. The molecule has 2 aromatic heterocycles. The largest absolute Gasteiger partial charge is 0.338 e. The summed E-state index contributed by atoms with van der Waals surface area (Å²) < 4.78 is 1.74. The highest BCUT2D eigenvalue weighted by Crippen LogP contribution is 2.17. The fourth-order valence-corrected chi connectivity index (χ4v) is 1.39. The molecule has 0 aromatic carbocycles. The van der Waals surface area contributed by atoms with Crippen LogP contribution in [0.2, 0.25) is 0 Å². The van der Waals surface area contributed by atoms with Gasteiger partial charge in [-0.2, -0.15) is 5.10 Å². The first kappa shape index (κ1) is 10.6. The molecule has 0 saturated carbocycles. The summed E-state index contributed by atoms with van der Waals surface area (Å²) in [5.74, 6) is 1.20. The van der Waals surface area contributed by atoms with Crippen molar-refractivity contribution in [1.82, 2.24) is 19.7 Å². The maximum atomic E-state index is 4.21. The molecule has 0 fully saturated rings. The van der Waals surface area contributed by atoms with Gasteiger partial charge in [-0.25, -0.2) is 9.97 Å². The Morgan fingerprint density at radius 3 is 2.75 bits per heavy atom. The van der Waals surface area contributed by atoms with Gasteiger partial charge in [0.1, 0.15) is 12.1 Å². The third kappa shape index (κ3) is 2.36. The highest BCUT2D eigenvalue weighted by atomic mass is 15.3. The molecule has 0 aliphatic heterocycles. The van der Waals surface area contributed by atoms with Crippen LogP contribution < -0.4 is 5.32 Å². The van der Waals surface area contributed by atoms with Crippen molar-refractivity contribution in [1.29, 1.82) is 0 Å². The zero-order valence-corrected chi connectivity index (χ0v) is 9.68. The molecule has 0 aliphatic carbocycles. The van der Waals surface area contributed by atoms with Gasteiger partial charge in [-0.05, 0) is 5.92 Å². The third-order valence-corrected chi connectivity index (χ3v) is 2.26. The lowest BCUT2D eigenvalue weighted by Crippen LogP contribution is -1.98. The number of hydrogen-bond donors (Lipinski definition) is 1. The summed E-state index contributed by atoms with van der Waals surface area (Å²) in [6.07, 6.45) is 5.24. The standard InChI is InChI=1S/C11H15N5/c1-8(2)10-4-11(13-7-12-10)15-9-5-14-16(3)6-9/h4-8H,1-3H3,(H,12,13,15). The van der Waals surface area contributed by atoms with Gasteiger partial charge in [0.05, 0.1) is 11.9 Å². The van der Waals surface area contributed by atoms with E-state index in [9.17, 15) is 0 Å². The summed E-state index contributed by atoms with van der Waals surface area (Å²) in [5, 5.41) is 7.27. The number of anilines is 2. The summed E-state index contributed by atoms with van der Waals surface area (Å²) in [6, 6.07) is 1.96. The van der Waals surface area contributed by atoms with Gasteiger partial charge < -0.3 is 5.32 Å². The first-order chi connectivity index (χ1) is 7.65. The van der Waals surface area contributed by atoms with Crippen LogP contribution >= 0.6 is 0 Å². The molecule has 0 bridgehead atoms. The normalized spacial score (nSPS) is 10.8. The van der Waals surface area contributed by atoms with Crippen LogP contribution in [0.1, 0.15) is 25.5 Å². The maximum absolute atomic E-state index is 4.21. The Morgan fingerprint density at radius 1 is 1.31 bits per heavy atom. The molecular formula is C11H15N5. The molecule has 2 aromatic rings. The quantitative estimate of drug-likeness (QED) is 0.855. The zero-order chi connectivity index (χ0) is 11.5. The fourth-order valence-electron chi connectivity index (χ4n) is 1.39. The molecule has 2 rings (SSSR count). The molecule has 84 valence electrons. The molecular weight excluding hydrogens is 202 g/mol. The average Bonchev–Trinajstić information content (AvgIpc) is 2.64. The molecule has 16 heavy (non-hydrogen) atoms. The minimum Gasteiger partial charge on any atom is -0.338 e. The van der Waals surface area contributed by atoms with Crippen LogP contribution in [0.5, 0.6) is 0 Å². The Morgan fingerprint density at radius 2 is 2.12 bits per heavy atom. The Balaban J connectivity index is 2.18. The first-order valence-corrected chi connectivity index (χ1v) is 5.23. The maximum Gasteiger partial charge on any atom is 0.134 e. The number of rotatable bonds is 3. The molecule has 0 spiro atoms. The Bertz CT molecular complexity index is 475. The van der Waals surface area contributed by atoms with Crippen LogP contribution in [0.15, 0.2) is 24.8 Å². The summed E-state index contributed by atoms with van der Waals surface area (Å²) >= 11 is 0. The van der Waals surface area contributed by atoms with E-state index in [0.29, 0.717) is 5.92 Å². The molecule has 5 heteroatoms. The van der Waals surface area contributed by atoms with Gasteiger partial charge in [0.2, 0.25) is 0 Å². The minimum absolute atomic E-state index is 0.400. The van der Waals surface area contributed by atoms with Gasteiger partial charge in [-0.15, -0.1) is 0 Å². The summed E-state index contributed by atoms with van der Waals surface area (Å²) in [7, 11) is 1.88. The van der Waals surface area contributed by atoms with E-state index in [1.807, 2.05) is 19.3 Å². The van der Waals surface area contributed by atoms with E-state index in [0.717, 1.165) is 17.2 Å². The van der Waals surface area contributed by atoms with E-state index in [1.54, 1.807) is 17.2 Å². The monoisotopic (exact) mass is 217 g/mol. The Labute approximate surface area is 94.5 Å². The number of hydrogen-bond acceptors (Lipinski definition) is 4. The molecule has 0 saturated heterocycles. The Kier molecular flexibility index (Phi) is 2.85. The summed E-state index contributed by atoms with van der Waals surface area (Å²) in [5.41, 5.74) is 1.96. The van der Waals surface area contributed by atoms with Gasteiger partial charge in [0, 0.05) is 25.0 Å². The van der Waals surface area contributed by atoms with E-state index in [4.69, 9.17) is 0 Å². The SMILES string of the molecule is CC(C)c1cc(Nc2cnn(C)c2)ncn1. The van der Waals surface area contributed by atoms with Crippen molar-refractivity contribution < 1.29 is 0 Å². The predicted molar refractivity (Wildman–Crippen MR) is 62.6 cm³/mol. The lowest BCUT2D eigenvalue weighted by atomic mass is 10.1. The van der Waals surface area contributed by atoms with Gasteiger partial charge >= 0.3 is 0 Å². The average molecular weight is 217 g/mol. The topological polar surface area (TPSA) is 55.6 Å². The van der Waals surface area contributed by atoms with Crippen LogP contribution in [0, 0.1) is 0 Å². The number of aryl methyl sites for hydroxylation is 1. The van der Waals surface area contributed by atoms with Crippen molar-refractivity contribution in [2.24, 2.45) is 7.05 Å². The second-order valence-corrected chi connectivity index (χ2v) is 4.01. The number of aromatic nitrogens is 4. The van der Waals surface area contributed by atoms with E-state index >= 15 is 0 Å². The van der Waals surface area contributed by atoms with Crippen molar-refractivity contribution in [3.63, 3.8) is 0 Å². The molecule has 5 nitrogen and oxygen atoms in total. The molecule has 2 heterocycles. The second-order valence-electron chi connectivity index (χ2n) is 4.01. The van der Waals surface area contributed by atoms with Crippen molar-refractivity contribution in [2.45, 2.75) is 19.8 Å². The summed E-state index contributed by atoms with van der Waals surface area (Å²) in [4.78, 5) is 8.38. The molecule has 0 unspecified atom stereocenters. The van der Waals surface area contributed by atoms with Gasteiger partial charge in [0.15, 0.2) is 0 Å². The van der Waals surface area contributed by atoms with E-state index in [2.05, 4.69) is 34.2 Å². The predicted octanol–water partition coefficient (Wildman–Crippen LogP) is 2.08. The van der Waals surface area contributed by atoms with Crippen LogP contribution in [0.25, 0.3) is 0 Å². The van der Waals surface area contributed by atoms with Crippen molar-refractivity contribution in [3.8, 4) is 0 Å². The highest BCUT2D eigenvalue weighted by Gasteiger charge is 2.03. The van der Waals surface area contributed by atoms with Crippen molar-refractivity contribution in [3.05, 3.63) is 30.5 Å². The molecule has 1 N–H and O–H groups in total. The van der Waals surface area contributed by atoms with Gasteiger partial charge in [-0.3, -0.25) is 4.68 Å².